The van der Waals surface area contributed by atoms with Crippen molar-refractivity contribution in [2.75, 3.05) is 12.3 Å². The molecule has 0 aromatic rings. The van der Waals surface area contributed by atoms with Gasteiger partial charge in [0.15, 0.2) is 15.8 Å². The molecule has 0 amide bonds. The zero-order valence-electron chi connectivity index (χ0n) is 10.3. The third-order valence-electron chi connectivity index (χ3n) is 2.61. The number of nitrogens with zero attached hydrogens (tertiary/aromatic N) is 1. The predicted octanol–water partition coefficient (Wildman–Crippen LogP) is 0.884. The van der Waals surface area contributed by atoms with E-state index in [1.54, 1.807) is 0 Å². The Morgan fingerprint density at radius 3 is 2.65 bits per heavy atom. The van der Waals surface area contributed by atoms with Crippen LogP contribution in [0.2, 0.25) is 0 Å². The molecule has 0 aliphatic carbocycles. The van der Waals surface area contributed by atoms with E-state index < -0.39 is 9.84 Å². The van der Waals surface area contributed by atoms with Crippen LogP contribution in [-0.2, 0) is 9.84 Å². The molecule has 1 rings (SSSR count). The minimum atomic E-state index is -2.94. The molecule has 1 aliphatic rings. The van der Waals surface area contributed by atoms with Gasteiger partial charge >= 0.3 is 0 Å². The Bertz CT molecular complexity index is 355. The van der Waals surface area contributed by atoms with Crippen molar-refractivity contribution in [2.24, 2.45) is 10.7 Å². The molecule has 0 spiro atoms. The lowest BCUT2D eigenvalue weighted by atomic mass is 10.2. The molecule has 1 unspecified atom stereocenters. The number of nitrogens with two attached hydrogens (primary N) is 1. The highest BCUT2D eigenvalue weighted by Crippen LogP contribution is 2.19. The minimum absolute atomic E-state index is 0. The summed E-state index contributed by atoms with van der Waals surface area (Å²) < 4.78 is 23.4. The average molecular weight is 375 g/mol. The second kappa shape index (κ2) is 7.40. The highest BCUT2D eigenvalue weighted by molar-refractivity contribution is 14.0. The van der Waals surface area contributed by atoms with Crippen LogP contribution in [0.25, 0.3) is 0 Å². The highest BCUT2D eigenvalue weighted by atomic mass is 127. The number of hydrogen-bond donors (Lipinski definition) is 2. The van der Waals surface area contributed by atoms with Gasteiger partial charge in [-0.3, -0.25) is 4.99 Å². The van der Waals surface area contributed by atoms with E-state index in [-0.39, 0.29) is 41.8 Å². The van der Waals surface area contributed by atoms with Crippen LogP contribution in [-0.4, -0.2) is 38.0 Å². The van der Waals surface area contributed by atoms with Crippen LogP contribution in [0.4, 0.5) is 0 Å². The first kappa shape index (κ1) is 16.9. The summed E-state index contributed by atoms with van der Waals surface area (Å²) >= 11 is 0. The van der Waals surface area contributed by atoms with E-state index in [1.165, 1.54) is 0 Å². The summed E-state index contributed by atoms with van der Waals surface area (Å²) in [4.78, 5) is 4.09. The van der Waals surface area contributed by atoms with Gasteiger partial charge in [-0.2, -0.15) is 0 Å². The SMILES string of the molecule is CC(C)NC(N)=NCC1CCCCS1(=O)=O.I. The van der Waals surface area contributed by atoms with Crippen LogP contribution < -0.4 is 11.1 Å². The van der Waals surface area contributed by atoms with Crippen molar-refractivity contribution in [2.45, 2.75) is 44.4 Å². The largest absolute Gasteiger partial charge is 0.370 e. The maximum absolute atomic E-state index is 11.7. The first-order chi connectivity index (χ1) is 7.42. The number of rotatable bonds is 3. The molecule has 5 nitrogen and oxygen atoms in total. The molecule has 0 radical (unpaired) electrons. The average Bonchev–Trinajstić information content (AvgIpc) is 2.14. The summed E-state index contributed by atoms with van der Waals surface area (Å²) in [5.74, 6) is 0.626. The van der Waals surface area contributed by atoms with Gasteiger partial charge in [0, 0.05) is 6.04 Å². The Labute approximate surface area is 121 Å². The molecule has 1 aliphatic heterocycles. The Morgan fingerprint density at radius 1 is 1.47 bits per heavy atom. The Hall–Kier alpha value is -0.0500. The molecule has 1 fully saturated rings. The van der Waals surface area contributed by atoms with Crippen molar-refractivity contribution in [3.63, 3.8) is 0 Å². The van der Waals surface area contributed by atoms with Crippen molar-refractivity contribution < 1.29 is 8.42 Å². The maximum atomic E-state index is 11.7. The number of sulfone groups is 1. The lowest BCUT2D eigenvalue weighted by Gasteiger charge is -2.20. The Morgan fingerprint density at radius 2 is 2.12 bits per heavy atom. The lowest BCUT2D eigenvalue weighted by molar-refractivity contribution is 0.541. The summed E-state index contributed by atoms with van der Waals surface area (Å²) in [5.41, 5.74) is 5.62. The normalized spacial score (nSPS) is 24.2. The molecule has 0 aromatic carbocycles. The fraction of sp³-hybridized carbons (Fsp3) is 0.900. The zero-order chi connectivity index (χ0) is 12.2. The summed E-state index contributed by atoms with van der Waals surface area (Å²) in [5, 5.41) is 2.60. The van der Waals surface area contributed by atoms with E-state index in [2.05, 4.69) is 10.3 Å². The van der Waals surface area contributed by atoms with E-state index >= 15 is 0 Å². The second-order valence-electron chi connectivity index (χ2n) is 4.51. The van der Waals surface area contributed by atoms with Gasteiger partial charge in [0.2, 0.25) is 0 Å². The fourth-order valence-electron chi connectivity index (χ4n) is 1.77. The fourth-order valence-corrected chi connectivity index (χ4v) is 3.54. The molecule has 0 aromatic heterocycles. The van der Waals surface area contributed by atoms with Crippen LogP contribution in [0.5, 0.6) is 0 Å². The summed E-state index contributed by atoms with van der Waals surface area (Å²) in [7, 11) is -2.94. The second-order valence-corrected chi connectivity index (χ2v) is 6.91. The van der Waals surface area contributed by atoms with Crippen molar-refractivity contribution in [3.8, 4) is 0 Å². The van der Waals surface area contributed by atoms with Gasteiger partial charge in [-0.1, -0.05) is 6.42 Å². The number of nitrogens with one attached hydrogen (secondary N) is 1. The van der Waals surface area contributed by atoms with E-state index in [1.807, 2.05) is 13.8 Å². The smallest absolute Gasteiger partial charge is 0.188 e. The van der Waals surface area contributed by atoms with Crippen molar-refractivity contribution in [1.29, 1.82) is 0 Å². The summed E-state index contributed by atoms with van der Waals surface area (Å²) in [6, 6.07) is 0.215. The molecule has 102 valence electrons. The molecule has 1 saturated heterocycles. The van der Waals surface area contributed by atoms with Gasteiger partial charge in [0.05, 0.1) is 17.5 Å². The quantitative estimate of drug-likeness (QED) is 0.436. The van der Waals surface area contributed by atoms with Crippen molar-refractivity contribution >= 4 is 39.8 Å². The predicted molar refractivity (Wildman–Crippen MR) is 81.6 cm³/mol. The van der Waals surface area contributed by atoms with Crippen LogP contribution >= 0.6 is 24.0 Å². The summed E-state index contributed by atoms with van der Waals surface area (Å²) in [6.45, 7) is 4.20. The number of halogens is 1. The molecule has 17 heavy (non-hydrogen) atoms. The molecule has 0 bridgehead atoms. The van der Waals surface area contributed by atoms with E-state index in [0.29, 0.717) is 18.1 Å². The van der Waals surface area contributed by atoms with E-state index in [0.717, 1.165) is 12.8 Å². The third kappa shape index (κ3) is 5.89. The molecule has 1 atom stereocenters. The lowest BCUT2D eigenvalue weighted by Crippen LogP contribution is -2.38. The molecule has 1 heterocycles. The Balaban J connectivity index is 0.00000256. The van der Waals surface area contributed by atoms with Crippen molar-refractivity contribution in [1.82, 2.24) is 5.32 Å². The van der Waals surface area contributed by atoms with Gasteiger partial charge in [-0.15, -0.1) is 24.0 Å². The standard InChI is InChI=1S/C10H21N3O2S.HI/c1-8(2)13-10(11)12-7-9-5-3-4-6-16(9,14)15;/h8-9H,3-7H2,1-2H3,(H3,11,12,13);1H. The Kier molecular flexibility index (Phi) is 7.38. The van der Waals surface area contributed by atoms with E-state index in [4.69, 9.17) is 5.73 Å². The van der Waals surface area contributed by atoms with Gasteiger partial charge in [0.25, 0.3) is 0 Å². The monoisotopic (exact) mass is 375 g/mol. The first-order valence-electron chi connectivity index (χ1n) is 5.70. The number of guanidine groups is 1. The number of aliphatic imine (C=N–C) groups is 1. The van der Waals surface area contributed by atoms with Crippen LogP contribution in [0.3, 0.4) is 0 Å². The van der Waals surface area contributed by atoms with Crippen molar-refractivity contribution in [3.05, 3.63) is 0 Å². The van der Waals surface area contributed by atoms with Gasteiger partial charge in [-0.05, 0) is 26.7 Å². The van der Waals surface area contributed by atoms with Gasteiger partial charge < -0.3 is 11.1 Å². The third-order valence-corrected chi connectivity index (χ3v) is 4.87. The summed E-state index contributed by atoms with van der Waals surface area (Å²) in [6.07, 6.45) is 2.46. The van der Waals surface area contributed by atoms with Crippen LogP contribution in [0.1, 0.15) is 33.1 Å². The molecule has 7 heteroatoms. The molecule has 0 saturated carbocycles. The van der Waals surface area contributed by atoms with Gasteiger partial charge in [-0.25, -0.2) is 8.42 Å². The molecular formula is C10H22IN3O2S. The van der Waals surface area contributed by atoms with E-state index in [9.17, 15) is 8.42 Å². The topological polar surface area (TPSA) is 84.5 Å². The highest BCUT2D eigenvalue weighted by Gasteiger charge is 2.28. The maximum Gasteiger partial charge on any atom is 0.188 e. The minimum Gasteiger partial charge on any atom is -0.370 e. The van der Waals surface area contributed by atoms with Crippen LogP contribution in [0, 0.1) is 0 Å². The zero-order valence-corrected chi connectivity index (χ0v) is 13.5. The first-order valence-corrected chi connectivity index (χ1v) is 7.41. The van der Waals surface area contributed by atoms with Crippen LogP contribution in [0.15, 0.2) is 4.99 Å². The molecular weight excluding hydrogens is 353 g/mol. The molecule has 3 N–H and O–H groups in total. The number of hydrogen-bond acceptors (Lipinski definition) is 3. The van der Waals surface area contributed by atoms with Gasteiger partial charge in [0.1, 0.15) is 0 Å².